The third kappa shape index (κ3) is 47.5. The largest absolute Gasteiger partial charge is 0.459 e. The van der Waals surface area contributed by atoms with Gasteiger partial charge in [-0.2, -0.15) is 0 Å². The second-order valence-corrected chi connectivity index (χ2v) is 20.7. The maximum absolute atomic E-state index is 13.4. The Hall–Kier alpha value is -1.39. The lowest BCUT2D eigenvalue weighted by Crippen LogP contribution is -2.45. The Morgan fingerprint density at radius 2 is 0.708 bits per heavy atom. The van der Waals surface area contributed by atoms with Crippen molar-refractivity contribution in [1.29, 1.82) is 0 Å². The number of unbranched alkanes of at least 4 members (excludes halogenated alkanes) is 35. The molecule has 0 bridgehead atoms. The number of esters is 1. The number of carbonyl (C=O) groups is 1. The van der Waals surface area contributed by atoms with Gasteiger partial charge in [0.15, 0.2) is 0 Å². The summed E-state index contributed by atoms with van der Waals surface area (Å²) in [4.78, 5) is 15.6. The summed E-state index contributed by atoms with van der Waals surface area (Å²) in [5.74, 6) is -0.106. The fraction of sp³-hybridized carbons (Fsp3) is 0.885. The van der Waals surface area contributed by atoms with Gasteiger partial charge >= 0.3 is 5.97 Å². The summed E-state index contributed by atoms with van der Waals surface area (Å²) in [6, 6.07) is 0. The van der Waals surface area contributed by atoms with Gasteiger partial charge in [-0.15, -0.1) is 0 Å². The highest BCUT2D eigenvalue weighted by Gasteiger charge is 2.38. The molecule has 0 amide bonds. The normalized spacial score (nSPS) is 13.6. The van der Waals surface area contributed by atoms with Crippen molar-refractivity contribution in [2.24, 2.45) is 0 Å². The Labute approximate surface area is 408 Å². The smallest absolute Gasteiger partial charge is 0.306 e. The van der Waals surface area contributed by atoms with Crippen LogP contribution in [0.4, 0.5) is 0 Å². The molecular formula is C61H117NO3. The van der Waals surface area contributed by atoms with Crippen LogP contribution in [0.1, 0.15) is 316 Å². The molecule has 2 unspecified atom stereocenters. The summed E-state index contributed by atoms with van der Waals surface area (Å²) in [5.41, 5.74) is -0.930. The first-order chi connectivity index (χ1) is 31.9. The molecule has 0 aromatic carbocycles. The second-order valence-electron chi connectivity index (χ2n) is 20.7. The van der Waals surface area contributed by atoms with Gasteiger partial charge in [-0.05, 0) is 136 Å². The van der Waals surface area contributed by atoms with Gasteiger partial charge < -0.3 is 14.7 Å². The summed E-state index contributed by atoms with van der Waals surface area (Å²) in [6.07, 6.45) is 69.7. The summed E-state index contributed by atoms with van der Waals surface area (Å²) in [7, 11) is 4.18. The first-order valence-corrected chi connectivity index (χ1v) is 29.4. The summed E-state index contributed by atoms with van der Waals surface area (Å²) in [6.45, 7) is 7.85. The predicted molar refractivity (Wildman–Crippen MR) is 290 cm³/mol. The number of allylic oxidation sites excluding steroid dienone is 6. The van der Waals surface area contributed by atoms with Gasteiger partial charge in [0.25, 0.3) is 0 Å². The lowest BCUT2D eigenvalue weighted by atomic mass is 9.82. The third-order valence-corrected chi connectivity index (χ3v) is 13.8. The monoisotopic (exact) mass is 912 g/mol. The van der Waals surface area contributed by atoms with Crippen LogP contribution in [0.25, 0.3) is 0 Å². The highest BCUT2D eigenvalue weighted by molar-refractivity contribution is 5.69. The summed E-state index contributed by atoms with van der Waals surface area (Å²) in [5, 5.41) is 12.6. The zero-order valence-electron chi connectivity index (χ0n) is 45.0. The van der Waals surface area contributed by atoms with Crippen molar-refractivity contribution in [1.82, 2.24) is 4.90 Å². The molecule has 0 heterocycles. The molecular weight excluding hydrogens is 795 g/mol. The number of hydrogen-bond acceptors (Lipinski definition) is 4. The van der Waals surface area contributed by atoms with Gasteiger partial charge in [-0.3, -0.25) is 4.79 Å². The lowest BCUT2D eigenvalue weighted by molar-refractivity contribution is -0.169. The maximum Gasteiger partial charge on any atom is 0.306 e. The first kappa shape index (κ1) is 63.6. The molecule has 0 aliphatic rings. The molecule has 0 radical (unpaired) electrons. The first-order valence-electron chi connectivity index (χ1n) is 29.4. The maximum atomic E-state index is 13.4. The van der Waals surface area contributed by atoms with Crippen LogP contribution in [0.5, 0.6) is 0 Å². The van der Waals surface area contributed by atoms with E-state index in [-0.39, 0.29) is 5.97 Å². The van der Waals surface area contributed by atoms with Gasteiger partial charge in [0.1, 0.15) is 11.7 Å². The van der Waals surface area contributed by atoms with Gasteiger partial charge in [0.2, 0.25) is 0 Å². The molecule has 0 saturated heterocycles. The molecule has 0 aliphatic heterocycles. The van der Waals surface area contributed by atoms with Gasteiger partial charge in [-0.25, -0.2) is 0 Å². The number of nitrogens with zero attached hydrogens (tertiary/aromatic N) is 1. The number of rotatable bonds is 53. The highest BCUT2D eigenvalue weighted by Crippen LogP contribution is 2.32. The number of hydrogen-bond donors (Lipinski definition) is 1. The minimum Gasteiger partial charge on any atom is -0.459 e. The van der Waals surface area contributed by atoms with Crippen molar-refractivity contribution in [3.8, 4) is 0 Å². The third-order valence-electron chi connectivity index (χ3n) is 13.8. The second kappa shape index (κ2) is 52.0. The van der Waals surface area contributed by atoms with E-state index in [0.29, 0.717) is 6.42 Å². The quantitative estimate of drug-likeness (QED) is 0.0375. The Kier molecular flexibility index (Phi) is 50.9. The zero-order valence-corrected chi connectivity index (χ0v) is 45.0. The minimum atomic E-state index is -0.930. The van der Waals surface area contributed by atoms with Crippen molar-refractivity contribution in [3.63, 3.8) is 0 Å². The topological polar surface area (TPSA) is 49.8 Å². The predicted octanol–water partition coefficient (Wildman–Crippen LogP) is 19.9. The van der Waals surface area contributed by atoms with Crippen LogP contribution in [0.15, 0.2) is 36.5 Å². The van der Waals surface area contributed by atoms with Crippen molar-refractivity contribution in [3.05, 3.63) is 36.5 Å². The average molecular weight is 913 g/mol. The molecule has 4 nitrogen and oxygen atoms in total. The van der Waals surface area contributed by atoms with Crippen LogP contribution in [0.3, 0.4) is 0 Å². The van der Waals surface area contributed by atoms with E-state index >= 15 is 0 Å². The molecule has 0 fully saturated rings. The Balaban J connectivity index is 5.11. The summed E-state index contributed by atoms with van der Waals surface area (Å²) >= 11 is 0. The summed E-state index contributed by atoms with van der Waals surface area (Å²) < 4.78 is 6.37. The van der Waals surface area contributed by atoms with Crippen LogP contribution in [-0.4, -0.2) is 48.3 Å². The standard InChI is InChI=1S/C61H117NO3/c1-6-9-12-15-18-21-24-27-30-33-36-39-42-45-48-52-57-61(64,56-51-47-44-41-38-35-32-29-26-23-20-17-14-11-8-3)59(65-60(63)55-50-53-58-62(4)5)54-49-46-43-40-37-34-31-28-25-22-19-16-13-10-7-2/h27-32,59,64H,6-26,33-58H2,1-5H3/b30-27-,31-28-,32-29-. The van der Waals surface area contributed by atoms with E-state index in [1.807, 2.05) is 0 Å². The van der Waals surface area contributed by atoms with Crippen molar-refractivity contribution >= 4 is 5.97 Å². The van der Waals surface area contributed by atoms with E-state index in [9.17, 15) is 9.90 Å². The zero-order chi connectivity index (χ0) is 47.4. The fourth-order valence-corrected chi connectivity index (χ4v) is 9.38. The van der Waals surface area contributed by atoms with E-state index in [2.05, 4.69) is 76.2 Å². The van der Waals surface area contributed by atoms with Gasteiger partial charge in [0.05, 0.1) is 0 Å². The van der Waals surface area contributed by atoms with E-state index in [1.54, 1.807) is 0 Å². The highest BCUT2D eigenvalue weighted by atomic mass is 16.6. The van der Waals surface area contributed by atoms with E-state index in [0.717, 1.165) is 77.2 Å². The molecule has 0 rings (SSSR count). The van der Waals surface area contributed by atoms with E-state index < -0.39 is 11.7 Å². The fourth-order valence-electron chi connectivity index (χ4n) is 9.38. The lowest BCUT2D eigenvalue weighted by Gasteiger charge is -2.36. The van der Waals surface area contributed by atoms with Crippen LogP contribution in [0.2, 0.25) is 0 Å². The molecule has 65 heavy (non-hydrogen) atoms. The number of ether oxygens (including phenoxy) is 1. The van der Waals surface area contributed by atoms with Crippen LogP contribution >= 0.6 is 0 Å². The average Bonchev–Trinajstić information content (AvgIpc) is 3.29. The molecule has 0 saturated carbocycles. The Morgan fingerprint density at radius 3 is 1.03 bits per heavy atom. The molecule has 2 atom stereocenters. The van der Waals surface area contributed by atoms with Crippen LogP contribution in [0, 0.1) is 0 Å². The molecule has 384 valence electrons. The van der Waals surface area contributed by atoms with Gasteiger partial charge in [0, 0.05) is 6.42 Å². The van der Waals surface area contributed by atoms with E-state index in [4.69, 9.17) is 4.74 Å². The van der Waals surface area contributed by atoms with Crippen LogP contribution < -0.4 is 0 Å². The molecule has 0 spiro atoms. The number of aliphatic hydroxyl groups is 1. The van der Waals surface area contributed by atoms with Crippen molar-refractivity contribution in [2.45, 2.75) is 328 Å². The Morgan fingerprint density at radius 1 is 0.415 bits per heavy atom. The van der Waals surface area contributed by atoms with Gasteiger partial charge in [-0.1, -0.05) is 231 Å². The molecule has 0 aromatic heterocycles. The molecule has 0 aromatic rings. The van der Waals surface area contributed by atoms with Crippen LogP contribution in [-0.2, 0) is 9.53 Å². The van der Waals surface area contributed by atoms with E-state index in [1.165, 1.54) is 218 Å². The molecule has 1 N–H and O–H groups in total. The SMILES string of the molecule is CCCCCCCC/C=C\CCCCCCCCC(O)(CCCCCCC/C=C\CCCCCCCC)C(CCCCCCC/C=C\CCCCCCCC)OC(=O)CCCCN(C)C. The minimum absolute atomic E-state index is 0.106. The number of carbonyl (C=O) groups excluding carboxylic acids is 1. The molecule has 0 aliphatic carbocycles. The molecule has 4 heteroatoms. The van der Waals surface area contributed by atoms with Crippen molar-refractivity contribution in [2.75, 3.05) is 20.6 Å². The Bertz CT molecular complexity index is 1030. The van der Waals surface area contributed by atoms with Crippen molar-refractivity contribution < 1.29 is 14.6 Å².